The Hall–Kier alpha value is -1.82. The third kappa shape index (κ3) is 2.06. The van der Waals surface area contributed by atoms with Gasteiger partial charge in [-0.05, 0) is 12.1 Å². The maximum Gasteiger partial charge on any atom is 0.263 e. The van der Waals surface area contributed by atoms with Crippen molar-refractivity contribution in [3.05, 3.63) is 41.7 Å². The van der Waals surface area contributed by atoms with E-state index >= 15 is 0 Å². The van der Waals surface area contributed by atoms with Crippen LogP contribution < -0.4 is 5.73 Å². The second kappa shape index (κ2) is 4.36. The molecule has 0 spiro atoms. The Kier molecular flexibility index (Phi) is 2.91. The molecule has 1 heterocycles. The van der Waals surface area contributed by atoms with Gasteiger partial charge >= 0.3 is 0 Å². The summed E-state index contributed by atoms with van der Waals surface area (Å²) < 4.78 is 26.4. The molecule has 0 bridgehead atoms. The van der Waals surface area contributed by atoms with Crippen LogP contribution in [-0.4, -0.2) is 15.0 Å². The zero-order chi connectivity index (χ0) is 11.5. The van der Waals surface area contributed by atoms with Gasteiger partial charge in [0.15, 0.2) is 0 Å². The summed E-state index contributed by atoms with van der Waals surface area (Å²) in [6.45, 7) is 0.272. The highest BCUT2D eigenvalue weighted by molar-refractivity contribution is 5.35. The minimum Gasteiger partial charge on any atom is -0.325 e. The number of alkyl halides is 2. The third-order valence-corrected chi connectivity index (χ3v) is 2.14. The second-order valence-electron chi connectivity index (χ2n) is 3.25. The van der Waals surface area contributed by atoms with Gasteiger partial charge in [-0.3, -0.25) is 0 Å². The topological polar surface area (TPSA) is 56.7 Å². The van der Waals surface area contributed by atoms with Gasteiger partial charge in [0.05, 0.1) is 17.6 Å². The predicted octanol–water partition coefficient (Wildman–Crippen LogP) is 1.66. The Bertz CT molecular complexity index is 481. The molecule has 0 fully saturated rings. The predicted molar refractivity (Wildman–Crippen MR) is 54.2 cm³/mol. The lowest BCUT2D eigenvalue weighted by Crippen LogP contribution is -1.97. The Labute approximate surface area is 90.7 Å². The van der Waals surface area contributed by atoms with Gasteiger partial charge in [-0.2, -0.15) is 0 Å². The van der Waals surface area contributed by atoms with Gasteiger partial charge in [-0.25, -0.2) is 13.5 Å². The van der Waals surface area contributed by atoms with E-state index in [1.165, 1.54) is 16.8 Å². The number of aromatic nitrogens is 3. The Morgan fingerprint density at radius 1 is 1.38 bits per heavy atom. The van der Waals surface area contributed by atoms with Crippen LogP contribution in [0.15, 0.2) is 30.5 Å². The molecule has 0 aliphatic heterocycles. The first kappa shape index (κ1) is 10.7. The maximum absolute atomic E-state index is 12.5. The molecule has 0 aliphatic carbocycles. The highest BCUT2D eigenvalue weighted by Crippen LogP contribution is 2.20. The minimum atomic E-state index is -2.49. The van der Waals surface area contributed by atoms with E-state index in [0.29, 0.717) is 11.4 Å². The van der Waals surface area contributed by atoms with E-state index in [1.54, 1.807) is 18.3 Å². The molecular formula is C10H10F2N4. The number of rotatable bonds is 3. The van der Waals surface area contributed by atoms with Crippen LogP contribution in [0.3, 0.4) is 0 Å². The molecule has 0 radical (unpaired) electrons. The van der Waals surface area contributed by atoms with E-state index < -0.39 is 6.43 Å². The van der Waals surface area contributed by atoms with E-state index in [-0.39, 0.29) is 12.1 Å². The van der Waals surface area contributed by atoms with Crippen molar-refractivity contribution in [2.24, 2.45) is 5.73 Å². The lowest BCUT2D eigenvalue weighted by Gasteiger charge is -2.03. The van der Waals surface area contributed by atoms with Crippen molar-refractivity contribution in [2.75, 3.05) is 0 Å². The van der Waals surface area contributed by atoms with E-state index in [2.05, 4.69) is 10.3 Å². The smallest absolute Gasteiger partial charge is 0.263 e. The lowest BCUT2D eigenvalue weighted by molar-refractivity contribution is 0.151. The first-order chi connectivity index (χ1) is 7.70. The van der Waals surface area contributed by atoms with Gasteiger partial charge in [-0.15, -0.1) is 5.10 Å². The summed E-state index contributed by atoms with van der Waals surface area (Å²) in [6.07, 6.45) is -0.873. The SMILES string of the molecule is NCc1cn(-c2cccc(C(F)F)c2)nn1. The average molecular weight is 224 g/mol. The zero-order valence-electron chi connectivity index (χ0n) is 8.35. The summed E-state index contributed by atoms with van der Waals surface area (Å²) in [5.41, 5.74) is 6.50. The van der Waals surface area contributed by atoms with Crippen LogP contribution in [0.5, 0.6) is 0 Å². The summed E-state index contributed by atoms with van der Waals surface area (Å²) in [5, 5.41) is 7.59. The standard InChI is InChI=1S/C10H10F2N4/c11-10(12)7-2-1-3-9(4-7)16-6-8(5-13)14-15-16/h1-4,6,10H,5,13H2. The number of nitrogens with two attached hydrogens (primary N) is 1. The molecule has 2 rings (SSSR count). The number of hydrogen-bond acceptors (Lipinski definition) is 3. The summed E-state index contributed by atoms with van der Waals surface area (Å²) >= 11 is 0. The number of halogens is 2. The van der Waals surface area contributed by atoms with Crippen molar-refractivity contribution >= 4 is 0 Å². The molecule has 2 aromatic rings. The first-order valence-corrected chi connectivity index (χ1v) is 4.70. The maximum atomic E-state index is 12.5. The molecule has 0 saturated heterocycles. The second-order valence-corrected chi connectivity index (χ2v) is 3.25. The van der Waals surface area contributed by atoms with Crippen molar-refractivity contribution in [3.8, 4) is 5.69 Å². The van der Waals surface area contributed by atoms with Gasteiger partial charge in [0.2, 0.25) is 0 Å². The van der Waals surface area contributed by atoms with Crippen molar-refractivity contribution < 1.29 is 8.78 Å². The third-order valence-electron chi connectivity index (χ3n) is 2.14. The highest BCUT2D eigenvalue weighted by atomic mass is 19.3. The first-order valence-electron chi connectivity index (χ1n) is 4.70. The molecule has 0 atom stereocenters. The number of benzene rings is 1. The fourth-order valence-corrected chi connectivity index (χ4v) is 1.32. The molecule has 4 nitrogen and oxygen atoms in total. The van der Waals surface area contributed by atoms with Crippen molar-refractivity contribution in [1.82, 2.24) is 15.0 Å². The van der Waals surface area contributed by atoms with Crippen molar-refractivity contribution in [2.45, 2.75) is 13.0 Å². The van der Waals surface area contributed by atoms with Crippen LogP contribution >= 0.6 is 0 Å². The van der Waals surface area contributed by atoms with E-state index in [0.717, 1.165) is 0 Å². The molecule has 0 aliphatic rings. The van der Waals surface area contributed by atoms with E-state index in [1.807, 2.05) is 0 Å². The van der Waals surface area contributed by atoms with Gasteiger partial charge in [0.25, 0.3) is 6.43 Å². The highest BCUT2D eigenvalue weighted by Gasteiger charge is 2.08. The van der Waals surface area contributed by atoms with Gasteiger partial charge < -0.3 is 5.73 Å². The summed E-state index contributed by atoms with van der Waals surface area (Å²) in [4.78, 5) is 0. The zero-order valence-corrected chi connectivity index (χ0v) is 8.35. The normalized spacial score (nSPS) is 11.0. The van der Waals surface area contributed by atoms with Crippen molar-refractivity contribution in [1.29, 1.82) is 0 Å². The van der Waals surface area contributed by atoms with Gasteiger partial charge in [0, 0.05) is 12.1 Å². The molecule has 0 unspecified atom stereocenters. The fraction of sp³-hybridized carbons (Fsp3) is 0.200. The van der Waals surface area contributed by atoms with Crippen LogP contribution in [0.2, 0.25) is 0 Å². The molecule has 6 heteroatoms. The van der Waals surface area contributed by atoms with E-state index in [9.17, 15) is 8.78 Å². The van der Waals surface area contributed by atoms with Crippen LogP contribution in [0, 0.1) is 0 Å². The van der Waals surface area contributed by atoms with Crippen LogP contribution in [-0.2, 0) is 6.54 Å². The average Bonchev–Trinajstić information content (AvgIpc) is 2.77. The number of nitrogens with zero attached hydrogens (tertiary/aromatic N) is 3. The number of hydrogen-bond donors (Lipinski definition) is 1. The lowest BCUT2D eigenvalue weighted by atomic mass is 10.2. The Morgan fingerprint density at radius 2 is 2.19 bits per heavy atom. The van der Waals surface area contributed by atoms with Gasteiger partial charge in [-0.1, -0.05) is 17.3 Å². The van der Waals surface area contributed by atoms with E-state index in [4.69, 9.17) is 5.73 Å². The Morgan fingerprint density at radius 3 is 2.81 bits per heavy atom. The minimum absolute atomic E-state index is 0.0395. The van der Waals surface area contributed by atoms with Crippen LogP contribution in [0.25, 0.3) is 5.69 Å². The van der Waals surface area contributed by atoms with Crippen molar-refractivity contribution in [3.63, 3.8) is 0 Å². The summed E-state index contributed by atoms with van der Waals surface area (Å²) in [7, 11) is 0. The van der Waals surface area contributed by atoms with Gasteiger partial charge in [0.1, 0.15) is 0 Å². The summed E-state index contributed by atoms with van der Waals surface area (Å²) in [5.74, 6) is 0. The molecule has 1 aromatic heterocycles. The quantitative estimate of drug-likeness (QED) is 0.862. The molecule has 1 aromatic carbocycles. The monoisotopic (exact) mass is 224 g/mol. The molecule has 2 N–H and O–H groups in total. The Balaban J connectivity index is 2.36. The molecule has 84 valence electrons. The molecular weight excluding hydrogens is 214 g/mol. The fourth-order valence-electron chi connectivity index (χ4n) is 1.32. The molecule has 0 amide bonds. The van der Waals surface area contributed by atoms with Crippen LogP contribution in [0.4, 0.5) is 8.78 Å². The molecule has 0 saturated carbocycles. The van der Waals surface area contributed by atoms with Crippen LogP contribution in [0.1, 0.15) is 17.7 Å². The molecule has 16 heavy (non-hydrogen) atoms. The summed E-state index contributed by atoms with van der Waals surface area (Å²) in [6, 6.07) is 5.98. The largest absolute Gasteiger partial charge is 0.325 e.